The van der Waals surface area contributed by atoms with Gasteiger partial charge in [0, 0.05) is 26.6 Å². The molecule has 3 N–H and O–H groups in total. The van der Waals surface area contributed by atoms with Crippen LogP contribution >= 0.6 is 11.3 Å². The van der Waals surface area contributed by atoms with Crippen LogP contribution in [0.5, 0.6) is 0 Å². The van der Waals surface area contributed by atoms with Crippen LogP contribution in [-0.4, -0.2) is 31.8 Å². The van der Waals surface area contributed by atoms with Gasteiger partial charge in [0.2, 0.25) is 0 Å². The molecule has 1 saturated heterocycles. The van der Waals surface area contributed by atoms with Gasteiger partial charge in [-0.1, -0.05) is 13.8 Å². The molecule has 6 heteroatoms. The van der Waals surface area contributed by atoms with Crippen LogP contribution in [0.2, 0.25) is 0 Å². The molecule has 0 atom stereocenters. The molecule has 0 aliphatic carbocycles. The number of Topliss-reactive ketones (excluding diaryl/α,β-unsaturated/α-hetero) is 1. The minimum absolute atomic E-state index is 0.000666. The SMILES string of the molecule is CCC(=O)c1sc(N2CCC(C)CC2)c(C(=O)NC)c1N. The van der Waals surface area contributed by atoms with E-state index in [4.69, 9.17) is 5.73 Å². The number of hydrogen-bond donors (Lipinski definition) is 2. The number of carbonyl (C=O) groups is 2. The van der Waals surface area contributed by atoms with Gasteiger partial charge in [0.05, 0.1) is 16.1 Å². The van der Waals surface area contributed by atoms with Crippen LogP contribution in [0.1, 0.15) is 53.1 Å². The van der Waals surface area contributed by atoms with Crippen molar-refractivity contribution in [3.05, 3.63) is 10.4 Å². The minimum atomic E-state index is -0.215. The number of anilines is 2. The van der Waals surface area contributed by atoms with E-state index in [9.17, 15) is 9.59 Å². The topological polar surface area (TPSA) is 75.4 Å². The molecule has 0 radical (unpaired) electrons. The summed E-state index contributed by atoms with van der Waals surface area (Å²) in [5.41, 5.74) is 6.89. The second-order valence-electron chi connectivity index (χ2n) is 5.55. The standard InChI is InChI=1S/C15H23N3O2S/c1-4-10(19)13-12(16)11(14(20)17-3)15(21-13)18-7-5-9(2)6-8-18/h9H,4-8,16H2,1-3H3,(H,17,20). The Bertz CT molecular complexity index is 545. The summed E-state index contributed by atoms with van der Waals surface area (Å²) in [5, 5.41) is 3.47. The number of ketones is 1. The third kappa shape index (κ3) is 3.05. The number of nitrogens with zero attached hydrogens (tertiary/aromatic N) is 1. The Balaban J connectivity index is 2.43. The molecule has 2 rings (SSSR count). The number of nitrogens with two attached hydrogens (primary N) is 1. The predicted molar refractivity (Wildman–Crippen MR) is 87.4 cm³/mol. The van der Waals surface area contributed by atoms with Gasteiger partial charge >= 0.3 is 0 Å². The fourth-order valence-electron chi connectivity index (χ4n) is 2.58. The monoisotopic (exact) mass is 309 g/mol. The summed E-state index contributed by atoms with van der Waals surface area (Å²) >= 11 is 1.36. The summed E-state index contributed by atoms with van der Waals surface area (Å²) in [6.45, 7) is 5.87. The summed E-state index contributed by atoms with van der Waals surface area (Å²) in [5.74, 6) is 0.491. The van der Waals surface area contributed by atoms with E-state index in [1.54, 1.807) is 7.05 Å². The first kappa shape index (κ1) is 15.8. The van der Waals surface area contributed by atoms with Gasteiger partial charge in [-0.15, -0.1) is 11.3 Å². The van der Waals surface area contributed by atoms with E-state index in [-0.39, 0.29) is 11.7 Å². The molecule has 0 saturated carbocycles. The lowest BCUT2D eigenvalue weighted by Gasteiger charge is -2.31. The molecule has 0 aromatic carbocycles. The highest BCUT2D eigenvalue weighted by atomic mass is 32.1. The average Bonchev–Trinajstić information content (AvgIpc) is 2.84. The zero-order valence-electron chi connectivity index (χ0n) is 12.9. The molecule has 0 bridgehead atoms. The van der Waals surface area contributed by atoms with Gasteiger partial charge < -0.3 is 16.0 Å². The molecule has 1 amide bonds. The number of thiophene rings is 1. The first-order chi connectivity index (χ1) is 9.99. The van der Waals surface area contributed by atoms with Crippen molar-refractivity contribution < 1.29 is 9.59 Å². The van der Waals surface area contributed by atoms with Crippen molar-refractivity contribution in [2.75, 3.05) is 30.8 Å². The second kappa shape index (κ2) is 6.47. The van der Waals surface area contributed by atoms with Crippen molar-refractivity contribution in [3.8, 4) is 0 Å². The Morgan fingerprint density at radius 2 is 2.00 bits per heavy atom. The van der Waals surface area contributed by atoms with Gasteiger partial charge in [0.25, 0.3) is 5.91 Å². The molecule has 1 aromatic rings. The lowest BCUT2D eigenvalue weighted by molar-refractivity contribution is 0.0964. The van der Waals surface area contributed by atoms with Gasteiger partial charge in [0.15, 0.2) is 5.78 Å². The van der Waals surface area contributed by atoms with E-state index in [0.717, 1.165) is 30.9 Å². The van der Waals surface area contributed by atoms with Crippen LogP contribution in [0.25, 0.3) is 0 Å². The van der Waals surface area contributed by atoms with Gasteiger partial charge in [0.1, 0.15) is 5.00 Å². The predicted octanol–water partition coefficient (Wildman–Crippen LogP) is 2.52. The molecule has 1 aromatic heterocycles. The summed E-state index contributed by atoms with van der Waals surface area (Å²) in [4.78, 5) is 26.9. The molecule has 0 spiro atoms. The molecular weight excluding hydrogens is 286 g/mol. The Labute approximate surface area is 129 Å². The van der Waals surface area contributed by atoms with Crippen LogP contribution in [0, 0.1) is 5.92 Å². The summed E-state index contributed by atoms with van der Waals surface area (Å²) in [6, 6.07) is 0. The Morgan fingerprint density at radius 1 is 1.38 bits per heavy atom. The molecule has 116 valence electrons. The quantitative estimate of drug-likeness (QED) is 0.838. The summed E-state index contributed by atoms with van der Waals surface area (Å²) in [6.07, 6.45) is 2.60. The molecule has 2 heterocycles. The van der Waals surface area contributed by atoms with Crippen molar-refractivity contribution >= 4 is 33.7 Å². The Hall–Kier alpha value is -1.56. The number of carbonyl (C=O) groups excluding carboxylic acids is 2. The van der Waals surface area contributed by atoms with Gasteiger partial charge in [-0.25, -0.2) is 0 Å². The number of nitrogen functional groups attached to an aromatic ring is 1. The molecule has 1 aliphatic rings. The molecular formula is C15H23N3O2S. The van der Waals surface area contributed by atoms with Crippen molar-refractivity contribution in [1.82, 2.24) is 5.32 Å². The number of nitrogens with one attached hydrogen (secondary N) is 1. The number of piperidine rings is 1. The van der Waals surface area contributed by atoms with Crippen LogP contribution in [0.3, 0.4) is 0 Å². The highest BCUT2D eigenvalue weighted by molar-refractivity contribution is 7.19. The number of hydrogen-bond acceptors (Lipinski definition) is 5. The summed E-state index contributed by atoms with van der Waals surface area (Å²) in [7, 11) is 1.59. The van der Waals surface area contributed by atoms with E-state index >= 15 is 0 Å². The number of amides is 1. The van der Waals surface area contributed by atoms with Crippen molar-refractivity contribution in [2.24, 2.45) is 5.92 Å². The third-order valence-corrected chi connectivity index (χ3v) is 5.33. The Morgan fingerprint density at radius 3 is 2.52 bits per heavy atom. The third-order valence-electron chi connectivity index (χ3n) is 4.03. The van der Waals surface area contributed by atoms with Crippen molar-refractivity contribution in [3.63, 3.8) is 0 Å². The zero-order valence-corrected chi connectivity index (χ0v) is 13.7. The summed E-state index contributed by atoms with van der Waals surface area (Å²) < 4.78 is 0. The van der Waals surface area contributed by atoms with Gasteiger partial charge in [-0.2, -0.15) is 0 Å². The van der Waals surface area contributed by atoms with Crippen LogP contribution < -0.4 is 16.0 Å². The van der Waals surface area contributed by atoms with Crippen LogP contribution in [0.4, 0.5) is 10.7 Å². The average molecular weight is 309 g/mol. The lowest BCUT2D eigenvalue weighted by Crippen LogP contribution is -2.34. The Kier molecular flexibility index (Phi) is 4.88. The van der Waals surface area contributed by atoms with E-state index in [2.05, 4.69) is 17.1 Å². The van der Waals surface area contributed by atoms with Crippen LogP contribution in [0.15, 0.2) is 0 Å². The largest absolute Gasteiger partial charge is 0.397 e. The second-order valence-corrected chi connectivity index (χ2v) is 6.55. The van der Waals surface area contributed by atoms with E-state index in [0.29, 0.717) is 28.5 Å². The van der Waals surface area contributed by atoms with E-state index < -0.39 is 0 Å². The molecule has 1 fully saturated rings. The molecule has 0 unspecified atom stereocenters. The zero-order chi connectivity index (χ0) is 15.6. The lowest BCUT2D eigenvalue weighted by atomic mass is 9.99. The molecule has 1 aliphatic heterocycles. The van der Waals surface area contributed by atoms with Crippen LogP contribution in [-0.2, 0) is 0 Å². The normalized spacial score (nSPS) is 16.0. The maximum atomic E-state index is 12.2. The highest BCUT2D eigenvalue weighted by Gasteiger charge is 2.28. The first-order valence-electron chi connectivity index (χ1n) is 7.42. The van der Waals surface area contributed by atoms with Gasteiger partial charge in [-0.3, -0.25) is 9.59 Å². The maximum Gasteiger partial charge on any atom is 0.256 e. The van der Waals surface area contributed by atoms with Crippen molar-refractivity contribution in [1.29, 1.82) is 0 Å². The fraction of sp³-hybridized carbons (Fsp3) is 0.600. The van der Waals surface area contributed by atoms with Crippen molar-refractivity contribution in [2.45, 2.75) is 33.1 Å². The smallest absolute Gasteiger partial charge is 0.256 e. The fourth-order valence-corrected chi connectivity index (χ4v) is 3.86. The minimum Gasteiger partial charge on any atom is -0.397 e. The molecule has 5 nitrogen and oxygen atoms in total. The van der Waals surface area contributed by atoms with Gasteiger partial charge in [-0.05, 0) is 18.8 Å². The highest BCUT2D eigenvalue weighted by Crippen LogP contribution is 2.40. The first-order valence-corrected chi connectivity index (χ1v) is 8.23. The number of rotatable bonds is 4. The van der Waals surface area contributed by atoms with E-state index in [1.807, 2.05) is 6.92 Å². The molecule has 21 heavy (non-hydrogen) atoms. The maximum absolute atomic E-state index is 12.2. The van der Waals surface area contributed by atoms with E-state index in [1.165, 1.54) is 11.3 Å².